The summed E-state index contributed by atoms with van der Waals surface area (Å²) in [7, 11) is 2.12. The lowest BCUT2D eigenvalue weighted by Crippen LogP contribution is -2.35. The number of aliphatic imine (C=N–C) groups is 1. The molecule has 0 bridgehead atoms. The Morgan fingerprint density at radius 1 is 1.32 bits per heavy atom. The maximum absolute atomic E-state index is 12.4. The molecule has 0 radical (unpaired) electrons. The number of carbonyl (C=O) groups excluding carboxylic acids is 2. The third-order valence-corrected chi connectivity index (χ3v) is 7.81. The number of thiazole rings is 1. The van der Waals surface area contributed by atoms with Gasteiger partial charge in [-0.3, -0.25) is 9.59 Å². The minimum Gasteiger partial charge on any atom is -0.490 e. The van der Waals surface area contributed by atoms with E-state index in [4.69, 9.17) is 16.3 Å². The van der Waals surface area contributed by atoms with Gasteiger partial charge in [0, 0.05) is 31.3 Å². The van der Waals surface area contributed by atoms with Gasteiger partial charge in [0.2, 0.25) is 5.91 Å². The second kappa shape index (κ2) is 10.1. The lowest BCUT2D eigenvalue weighted by molar-refractivity contribution is -0.117. The summed E-state index contributed by atoms with van der Waals surface area (Å²) in [6, 6.07) is 5.43. The number of carbonyl (C=O) groups is 2. The number of hydrogen-bond acceptors (Lipinski definition) is 8. The normalized spacial score (nSPS) is 21.8. The van der Waals surface area contributed by atoms with E-state index in [9.17, 15) is 9.59 Å². The molecule has 2 saturated heterocycles. The van der Waals surface area contributed by atoms with E-state index in [0.29, 0.717) is 25.9 Å². The number of anilines is 1. The van der Waals surface area contributed by atoms with E-state index in [2.05, 4.69) is 32.6 Å². The number of nitrogens with one attached hydrogen (secondary N) is 2. The topological polar surface area (TPSA) is 95.9 Å². The second-order valence-corrected chi connectivity index (χ2v) is 11.0. The number of likely N-dealkylation sites (tertiary alicyclic amines) is 1. The molecule has 3 aliphatic rings. The molecule has 1 saturated carbocycles. The number of piperidine rings is 1. The fourth-order valence-electron chi connectivity index (χ4n) is 3.63. The maximum atomic E-state index is 12.4. The summed E-state index contributed by atoms with van der Waals surface area (Å²) in [5.41, 5.74) is 0.560. The fraction of sp³-hybridized carbons (Fsp3) is 0.391. The van der Waals surface area contributed by atoms with Gasteiger partial charge in [-0.05, 0) is 62.7 Å². The average Bonchev–Trinajstić information content (AvgIpc) is 3.49. The van der Waals surface area contributed by atoms with E-state index in [1.807, 2.05) is 6.07 Å². The quantitative estimate of drug-likeness (QED) is 0.547. The first kappa shape index (κ1) is 23.3. The van der Waals surface area contributed by atoms with Gasteiger partial charge in [0.25, 0.3) is 5.91 Å². The van der Waals surface area contributed by atoms with Crippen LogP contribution in [0.3, 0.4) is 0 Å². The van der Waals surface area contributed by atoms with Crippen LogP contribution in [0.1, 0.15) is 30.6 Å². The van der Waals surface area contributed by atoms with Crippen LogP contribution >= 0.6 is 34.7 Å². The number of ether oxygens (including phenoxy) is 1. The number of nitrogens with zero attached hydrogens (tertiary/aromatic N) is 3. The van der Waals surface area contributed by atoms with Gasteiger partial charge in [-0.1, -0.05) is 22.9 Å². The van der Waals surface area contributed by atoms with Gasteiger partial charge in [-0.15, -0.1) is 0 Å². The average molecular weight is 518 g/mol. The van der Waals surface area contributed by atoms with Gasteiger partial charge in [-0.25, -0.2) is 9.98 Å². The van der Waals surface area contributed by atoms with Crippen LogP contribution in [-0.2, 0) is 9.59 Å². The highest BCUT2D eigenvalue weighted by Gasteiger charge is 2.30. The van der Waals surface area contributed by atoms with E-state index >= 15 is 0 Å². The Hall–Kier alpha value is -2.40. The van der Waals surface area contributed by atoms with Crippen LogP contribution in [0, 0.1) is 5.92 Å². The molecule has 0 atom stereocenters. The van der Waals surface area contributed by atoms with Gasteiger partial charge in [0.15, 0.2) is 10.3 Å². The Balaban J connectivity index is 1.22. The molecule has 1 aromatic carbocycles. The van der Waals surface area contributed by atoms with Crippen LogP contribution in [0.2, 0.25) is 5.02 Å². The monoisotopic (exact) mass is 517 g/mol. The zero-order valence-corrected chi connectivity index (χ0v) is 20.9. The highest BCUT2D eigenvalue weighted by Crippen LogP contribution is 2.35. The predicted molar refractivity (Wildman–Crippen MR) is 137 cm³/mol. The molecule has 34 heavy (non-hydrogen) atoms. The number of thioether (sulfide) groups is 1. The molecule has 3 fully saturated rings. The molecule has 2 amide bonds. The zero-order chi connectivity index (χ0) is 23.7. The van der Waals surface area contributed by atoms with Crippen LogP contribution in [0.4, 0.5) is 10.8 Å². The summed E-state index contributed by atoms with van der Waals surface area (Å²) in [5, 5.41) is 7.05. The molecule has 3 heterocycles. The first-order valence-corrected chi connectivity index (χ1v) is 13.1. The molecule has 11 heteroatoms. The van der Waals surface area contributed by atoms with Gasteiger partial charge in [0.05, 0.1) is 20.5 Å². The summed E-state index contributed by atoms with van der Waals surface area (Å²) >= 11 is 9.01. The molecule has 1 aliphatic carbocycles. The lowest BCUT2D eigenvalue weighted by Gasteiger charge is -2.29. The first-order valence-electron chi connectivity index (χ1n) is 11.1. The Kier molecular flexibility index (Phi) is 6.91. The van der Waals surface area contributed by atoms with Crippen molar-refractivity contribution >= 4 is 68.6 Å². The van der Waals surface area contributed by atoms with Crippen molar-refractivity contribution in [1.29, 1.82) is 0 Å². The summed E-state index contributed by atoms with van der Waals surface area (Å²) in [5.74, 6) is 0.610. The molecular weight excluding hydrogens is 494 g/mol. The molecule has 2 aliphatic heterocycles. The predicted octanol–water partition coefficient (Wildman–Crippen LogP) is 4.51. The van der Waals surface area contributed by atoms with Crippen LogP contribution in [-0.4, -0.2) is 53.1 Å². The molecule has 5 rings (SSSR count). The van der Waals surface area contributed by atoms with E-state index < -0.39 is 0 Å². The van der Waals surface area contributed by atoms with Gasteiger partial charge in [0.1, 0.15) is 11.9 Å². The Morgan fingerprint density at radius 3 is 2.85 bits per heavy atom. The molecule has 2 aromatic rings. The van der Waals surface area contributed by atoms with Crippen LogP contribution < -0.4 is 15.4 Å². The van der Waals surface area contributed by atoms with Gasteiger partial charge < -0.3 is 20.3 Å². The van der Waals surface area contributed by atoms with Crippen molar-refractivity contribution in [2.45, 2.75) is 31.8 Å². The standard InChI is InChI=1S/C23H24ClN5O3S2/c1-29-8-6-14(7-9-29)32-15-4-5-18(17(24)10-15)26-23-28-21(31)19(34-23)11-16-12-25-22(33-16)27-20(30)13-2-3-13/h4-5,10-14H,2-3,6-9H2,1H3,(H,25,27,30)(H,26,28,31). The smallest absolute Gasteiger partial charge is 0.264 e. The van der Waals surface area contributed by atoms with Crippen LogP contribution in [0.25, 0.3) is 6.08 Å². The SMILES string of the molecule is CN1CCC(Oc2ccc(N=C3NC(=O)C(=Cc4cnc(NC(=O)C5CC5)s4)S3)c(Cl)c2)CC1. The molecule has 8 nitrogen and oxygen atoms in total. The summed E-state index contributed by atoms with van der Waals surface area (Å²) in [4.78, 5) is 36.6. The Labute approximate surface area is 210 Å². The van der Waals surface area contributed by atoms with Crippen molar-refractivity contribution in [1.82, 2.24) is 15.2 Å². The van der Waals surface area contributed by atoms with Crippen molar-refractivity contribution in [3.8, 4) is 5.75 Å². The number of rotatable bonds is 6. The van der Waals surface area contributed by atoms with Crippen molar-refractivity contribution in [3.63, 3.8) is 0 Å². The molecule has 1 aromatic heterocycles. The third-order valence-electron chi connectivity index (χ3n) is 5.74. The zero-order valence-electron chi connectivity index (χ0n) is 18.5. The minimum atomic E-state index is -0.237. The highest BCUT2D eigenvalue weighted by molar-refractivity contribution is 8.18. The number of amides is 2. The maximum Gasteiger partial charge on any atom is 0.264 e. The second-order valence-electron chi connectivity index (χ2n) is 8.55. The van der Waals surface area contributed by atoms with Crippen molar-refractivity contribution in [2.24, 2.45) is 10.9 Å². The lowest BCUT2D eigenvalue weighted by atomic mass is 10.1. The minimum absolute atomic E-state index is 0.00981. The highest BCUT2D eigenvalue weighted by atomic mass is 35.5. The van der Waals surface area contributed by atoms with Crippen molar-refractivity contribution in [2.75, 3.05) is 25.5 Å². The number of hydrogen-bond donors (Lipinski definition) is 2. The van der Waals surface area contributed by atoms with Gasteiger partial charge >= 0.3 is 0 Å². The van der Waals surface area contributed by atoms with Gasteiger partial charge in [-0.2, -0.15) is 0 Å². The van der Waals surface area contributed by atoms with Crippen molar-refractivity contribution in [3.05, 3.63) is 39.2 Å². The first-order chi connectivity index (χ1) is 16.4. The molecule has 0 spiro atoms. The van der Waals surface area contributed by atoms with Crippen LogP contribution in [0.15, 0.2) is 34.3 Å². The largest absolute Gasteiger partial charge is 0.490 e. The summed E-state index contributed by atoms with van der Waals surface area (Å²) in [6.07, 6.45) is 7.43. The summed E-state index contributed by atoms with van der Waals surface area (Å²) in [6.45, 7) is 2.05. The number of halogens is 1. The number of benzene rings is 1. The van der Waals surface area contributed by atoms with Crippen molar-refractivity contribution < 1.29 is 14.3 Å². The van der Waals surface area contributed by atoms with E-state index in [1.54, 1.807) is 24.4 Å². The Bertz CT molecular complexity index is 1170. The van der Waals surface area contributed by atoms with Crippen LogP contribution in [0.5, 0.6) is 5.75 Å². The number of amidine groups is 1. The molecule has 2 N–H and O–H groups in total. The summed E-state index contributed by atoms with van der Waals surface area (Å²) < 4.78 is 6.08. The molecule has 178 valence electrons. The third kappa shape index (κ3) is 5.80. The molecule has 0 unspecified atom stereocenters. The Morgan fingerprint density at radius 2 is 2.12 bits per heavy atom. The van der Waals surface area contributed by atoms with E-state index in [1.165, 1.54) is 23.1 Å². The number of aromatic nitrogens is 1. The van der Waals surface area contributed by atoms with E-state index in [0.717, 1.165) is 49.4 Å². The fourth-order valence-corrected chi connectivity index (χ4v) is 5.51. The molecular formula is C23H24ClN5O3S2. The van der Waals surface area contributed by atoms with E-state index in [-0.39, 0.29) is 23.8 Å².